The van der Waals surface area contributed by atoms with Gasteiger partial charge in [0, 0.05) is 15.5 Å². The van der Waals surface area contributed by atoms with Crippen LogP contribution in [0, 0.1) is 13.8 Å². The summed E-state index contributed by atoms with van der Waals surface area (Å²) in [6.45, 7) is 8.13. The lowest BCUT2D eigenvalue weighted by Gasteiger charge is -2.34. The van der Waals surface area contributed by atoms with Crippen molar-refractivity contribution in [2.75, 3.05) is 31.1 Å². The highest BCUT2D eigenvalue weighted by Gasteiger charge is 2.43. The van der Waals surface area contributed by atoms with Crippen LogP contribution in [0.5, 0.6) is 0 Å². The lowest BCUT2D eigenvalue weighted by atomic mass is 10.2. The molecule has 2 aliphatic heterocycles. The minimum atomic E-state index is -0.292. The minimum absolute atomic E-state index is 0.277. The van der Waals surface area contributed by atoms with Crippen LogP contribution < -0.4 is 9.80 Å². The standard InChI is InChI=1S/C29H28ClN3O2S/c1-20-8-12-24(13-9-20)36-27-26(28(34)33(29(27)35)23-11-10-21(2)25(30)18-23)32-16-14-31(15-17-32)19-22-6-4-3-5-7-22/h3-13,18H,14-17,19H2,1-2H3/p+1. The van der Waals surface area contributed by atoms with Crippen molar-refractivity contribution in [3.8, 4) is 0 Å². The largest absolute Gasteiger partial charge is 0.355 e. The fourth-order valence-corrected chi connectivity index (χ4v) is 5.83. The maximum atomic E-state index is 13.8. The first-order chi connectivity index (χ1) is 17.4. The average molecular weight is 519 g/mol. The Morgan fingerprint density at radius 2 is 1.58 bits per heavy atom. The van der Waals surface area contributed by atoms with E-state index in [0.717, 1.165) is 48.7 Å². The number of aryl methyl sites for hydroxylation is 2. The molecule has 36 heavy (non-hydrogen) atoms. The normalized spacial score (nSPS) is 16.9. The van der Waals surface area contributed by atoms with Gasteiger partial charge in [0.25, 0.3) is 11.8 Å². The number of carbonyl (C=O) groups is 2. The van der Waals surface area contributed by atoms with Crippen LogP contribution in [0.1, 0.15) is 16.7 Å². The summed E-state index contributed by atoms with van der Waals surface area (Å²) in [5.41, 5.74) is 4.37. The number of nitrogens with one attached hydrogen (secondary N) is 1. The molecular formula is C29H29ClN3O2S+. The number of rotatable bonds is 6. The molecule has 7 heteroatoms. The third-order valence-electron chi connectivity index (χ3n) is 6.76. The van der Waals surface area contributed by atoms with Crippen molar-refractivity contribution in [1.82, 2.24) is 4.90 Å². The Morgan fingerprint density at radius 1 is 0.889 bits per heavy atom. The number of nitrogens with zero attached hydrogens (tertiary/aromatic N) is 2. The highest BCUT2D eigenvalue weighted by molar-refractivity contribution is 8.04. The van der Waals surface area contributed by atoms with Gasteiger partial charge in [-0.05, 0) is 43.7 Å². The Hall–Kier alpha value is -3.06. The highest BCUT2D eigenvalue weighted by atomic mass is 35.5. The van der Waals surface area contributed by atoms with Gasteiger partial charge in [0.15, 0.2) is 0 Å². The summed E-state index contributed by atoms with van der Waals surface area (Å²) in [4.78, 5) is 33.7. The Labute approximate surface area is 221 Å². The van der Waals surface area contributed by atoms with Crippen LogP contribution in [-0.4, -0.2) is 42.9 Å². The summed E-state index contributed by atoms with van der Waals surface area (Å²) < 4.78 is 0. The van der Waals surface area contributed by atoms with Crippen molar-refractivity contribution in [3.05, 3.63) is 105 Å². The third kappa shape index (κ3) is 5.07. The number of halogens is 1. The fourth-order valence-electron chi connectivity index (χ4n) is 4.66. The molecule has 0 aromatic heterocycles. The van der Waals surface area contributed by atoms with E-state index in [1.165, 1.54) is 27.1 Å². The average Bonchev–Trinajstić information content (AvgIpc) is 3.12. The number of hydrogen-bond acceptors (Lipinski definition) is 4. The first-order valence-electron chi connectivity index (χ1n) is 12.2. The number of thioether (sulfide) groups is 1. The molecule has 184 valence electrons. The van der Waals surface area contributed by atoms with Crippen molar-refractivity contribution in [3.63, 3.8) is 0 Å². The van der Waals surface area contributed by atoms with Crippen LogP contribution in [0.3, 0.4) is 0 Å². The zero-order valence-electron chi connectivity index (χ0n) is 20.5. The van der Waals surface area contributed by atoms with Crippen molar-refractivity contribution >= 4 is 40.9 Å². The van der Waals surface area contributed by atoms with Crippen LogP contribution in [0.4, 0.5) is 5.69 Å². The van der Waals surface area contributed by atoms with Gasteiger partial charge in [-0.3, -0.25) is 9.59 Å². The number of hydrogen-bond donors (Lipinski definition) is 1. The quantitative estimate of drug-likeness (QED) is 0.496. The van der Waals surface area contributed by atoms with Crippen molar-refractivity contribution in [2.24, 2.45) is 0 Å². The molecule has 1 N–H and O–H groups in total. The zero-order valence-corrected chi connectivity index (χ0v) is 22.0. The monoisotopic (exact) mass is 518 g/mol. The lowest BCUT2D eigenvalue weighted by Crippen LogP contribution is -3.13. The van der Waals surface area contributed by atoms with E-state index < -0.39 is 0 Å². The molecule has 0 unspecified atom stereocenters. The summed E-state index contributed by atoms with van der Waals surface area (Å²) >= 11 is 7.72. The van der Waals surface area contributed by atoms with Gasteiger partial charge in [0.05, 0.1) is 31.9 Å². The number of imide groups is 1. The van der Waals surface area contributed by atoms with Gasteiger partial charge in [-0.15, -0.1) is 0 Å². The maximum absolute atomic E-state index is 13.8. The van der Waals surface area contributed by atoms with Crippen molar-refractivity contribution < 1.29 is 14.5 Å². The molecule has 5 rings (SSSR count). The number of carbonyl (C=O) groups excluding carboxylic acids is 2. The summed E-state index contributed by atoms with van der Waals surface area (Å²) in [6, 6.07) is 23.8. The van der Waals surface area contributed by atoms with Crippen molar-refractivity contribution in [2.45, 2.75) is 25.3 Å². The molecular weight excluding hydrogens is 490 g/mol. The van der Waals surface area contributed by atoms with Gasteiger partial charge in [0.2, 0.25) is 0 Å². The smallest absolute Gasteiger partial charge is 0.283 e. The Balaban J connectivity index is 1.42. The van der Waals surface area contributed by atoms with Crippen LogP contribution in [0.25, 0.3) is 0 Å². The van der Waals surface area contributed by atoms with Crippen molar-refractivity contribution in [1.29, 1.82) is 0 Å². The van der Waals surface area contributed by atoms with Crippen LogP contribution >= 0.6 is 23.4 Å². The molecule has 2 amide bonds. The second-order valence-electron chi connectivity index (χ2n) is 9.37. The van der Waals surface area contributed by atoms with E-state index in [1.54, 1.807) is 12.1 Å². The van der Waals surface area contributed by atoms with E-state index in [0.29, 0.717) is 21.3 Å². The molecule has 5 nitrogen and oxygen atoms in total. The molecule has 0 radical (unpaired) electrons. The Kier molecular flexibility index (Phi) is 7.19. The zero-order chi connectivity index (χ0) is 25.2. The van der Waals surface area contributed by atoms with E-state index in [2.05, 4.69) is 29.2 Å². The summed E-state index contributed by atoms with van der Waals surface area (Å²) in [7, 11) is 0. The lowest BCUT2D eigenvalue weighted by molar-refractivity contribution is -0.917. The molecule has 0 bridgehead atoms. The number of benzene rings is 3. The Bertz CT molecular complexity index is 1320. The van der Waals surface area contributed by atoms with Gasteiger partial charge in [-0.25, -0.2) is 4.90 Å². The molecule has 2 heterocycles. The first kappa shape index (κ1) is 24.6. The topological polar surface area (TPSA) is 45.1 Å². The molecule has 0 spiro atoms. The molecule has 3 aromatic rings. The first-order valence-corrected chi connectivity index (χ1v) is 13.4. The van der Waals surface area contributed by atoms with E-state index in [9.17, 15) is 9.59 Å². The minimum Gasteiger partial charge on any atom is -0.355 e. The number of quaternary nitrogens is 1. The second-order valence-corrected chi connectivity index (χ2v) is 10.9. The molecule has 1 saturated heterocycles. The van der Waals surface area contributed by atoms with Crippen LogP contribution in [0.2, 0.25) is 5.02 Å². The van der Waals surface area contributed by atoms with Gasteiger partial charge in [-0.2, -0.15) is 0 Å². The van der Waals surface area contributed by atoms with E-state index in [1.807, 2.05) is 50.2 Å². The predicted molar refractivity (Wildman–Crippen MR) is 145 cm³/mol. The Morgan fingerprint density at radius 3 is 2.25 bits per heavy atom. The summed E-state index contributed by atoms with van der Waals surface area (Å²) in [6.07, 6.45) is 0. The fraction of sp³-hybridized carbons (Fsp3) is 0.241. The molecule has 3 aromatic carbocycles. The van der Waals surface area contributed by atoms with Crippen LogP contribution in [-0.2, 0) is 16.1 Å². The number of amides is 2. The summed E-state index contributed by atoms with van der Waals surface area (Å²) in [5.74, 6) is -0.569. The van der Waals surface area contributed by atoms with Gasteiger partial charge in [0.1, 0.15) is 17.1 Å². The molecule has 0 atom stereocenters. The van der Waals surface area contributed by atoms with E-state index >= 15 is 0 Å². The SMILES string of the molecule is Cc1ccc(SC2=C(N3CC[NH+](Cc4ccccc4)CC3)C(=O)N(c3ccc(C)c(Cl)c3)C2=O)cc1. The van der Waals surface area contributed by atoms with Crippen LogP contribution in [0.15, 0.2) is 88.3 Å². The van der Waals surface area contributed by atoms with Gasteiger partial charge >= 0.3 is 0 Å². The summed E-state index contributed by atoms with van der Waals surface area (Å²) in [5, 5.41) is 0.535. The van der Waals surface area contributed by atoms with Gasteiger partial charge in [-0.1, -0.05) is 77.5 Å². The second kappa shape index (κ2) is 10.5. The molecule has 2 aliphatic rings. The van der Waals surface area contributed by atoms with E-state index in [4.69, 9.17) is 11.6 Å². The number of anilines is 1. The maximum Gasteiger partial charge on any atom is 0.283 e. The third-order valence-corrected chi connectivity index (χ3v) is 8.24. The van der Waals surface area contributed by atoms with Gasteiger partial charge < -0.3 is 9.80 Å². The predicted octanol–water partition coefficient (Wildman–Crippen LogP) is 4.23. The molecule has 0 aliphatic carbocycles. The molecule has 0 saturated carbocycles. The highest BCUT2D eigenvalue weighted by Crippen LogP contribution is 2.39. The van der Waals surface area contributed by atoms with E-state index in [-0.39, 0.29) is 11.8 Å². The number of piperazine rings is 1. The molecule has 1 fully saturated rings.